The van der Waals surface area contributed by atoms with Crippen LogP contribution in [0.2, 0.25) is 0 Å². The Kier molecular flexibility index (Phi) is 12.3. The monoisotopic (exact) mass is 603 g/mol. The molecule has 1 heterocycles. The molecule has 1 saturated heterocycles. The SMILES string of the molecule is COc1ccc(COC/C=C/[C@H](OCc2ccccc2)[C@@H](C)[C@@H](O)[C@H](C)C(=O)N2C(=S)OC[C@H]2Cc2ccccc2)cc1. The average molecular weight is 604 g/mol. The number of carbonyl (C=O) groups is 1. The topological polar surface area (TPSA) is 77.5 Å². The van der Waals surface area contributed by atoms with E-state index in [0.29, 0.717) is 32.8 Å². The van der Waals surface area contributed by atoms with Gasteiger partial charge in [0.05, 0.1) is 51.1 Å². The molecule has 0 aliphatic carbocycles. The fraction of sp³-hybridized carbons (Fsp3) is 0.371. The number of aliphatic hydroxyl groups excluding tert-OH is 1. The molecule has 0 aromatic heterocycles. The highest BCUT2D eigenvalue weighted by Crippen LogP contribution is 2.26. The van der Waals surface area contributed by atoms with E-state index in [1.807, 2.05) is 104 Å². The summed E-state index contributed by atoms with van der Waals surface area (Å²) in [5.41, 5.74) is 3.15. The molecule has 1 fully saturated rings. The Bertz CT molecular complexity index is 1320. The molecule has 1 N–H and O–H groups in total. The molecular weight excluding hydrogens is 562 g/mol. The first-order chi connectivity index (χ1) is 20.9. The number of methoxy groups -OCH3 is 1. The van der Waals surface area contributed by atoms with E-state index < -0.39 is 24.0 Å². The molecular formula is C35H41NO6S. The summed E-state index contributed by atoms with van der Waals surface area (Å²) in [6.07, 6.45) is 2.97. The standard InChI is InChI=1S/C35H41NO6S/c1-25(33(37)26(2)34(38)36-30(24-42-35(36)43)21-27-11-6-4-7-12-27)32(41-23-28-13-8-5-9-14-28)15-10-20-40-22-29-16-18-31(39-3)19-17-29/h4-19,25-26,30,32-33,37H,20-24H2,1-3H3/b15-10+/t25-,26+,30-,32+,33-/m1/s1. The Labute approximate surface area is 260 Å². The van der Waals surface area contributed by atoms with Crippen molar-refractivity contribution < 1.29 is 28.8 Å². The Hall–Kier alpha value is -3.56. The fourth-order valence-corrected chi connectivity index (χ4v) is 5.39. The number of thiocarbonyl (C=S) groups is 1. The highest BCUT2D eigenvalue weighted by molar-refractivity contribution is 7.80. The normalized spacial score (nSPS) is 17.8. The van der Waals surface area contributed by atoms with Gasteiger partial charge in [-0.1, -0.05) is 98.8 Å². The minimum absolute atomic E-state index is 0.156. The van der Waals surface area contributed by atoms with Crippen LogP contribution in [0.15, 0.2) is 97.1 Å². The highest BCUT2D eigenvalue weighted by Gasteiger charge is 2.41. The van der Waals surface area contributed by atoms with Gasteiger partial charge in [-0.3, -0.25) is 9.69 Å². The maximum absolute atomic E-state index is 13.7. The molecule has 0 saturated carbocycles. The molecule has 0 bridgehead atoms. The molecule has 1 aliphatic rings. The number of hydrogen-bond acceptors (Lipinski definition) is 7. The summed E-state index contributed by atoms with van der Waals surface area (Å²) in [5, 5.41) is 11.6. The van der Waals surface area contributed by atoms with Gasteiger partial charge in [-0.05, 0) is 47.5 Å². The second-order valence-corrected chi connectivity index (χ2v) is 11.2. The van der Waals surface area contributed by atoms with Crippen molar-refractivity contribution in [1.29, 1.82) is 0 Å². The van der Waals surface area contributed by atoms with Crippen molar-refractivity contribution in [2.24, 2.45) is 11.8 Å². The Morgan fingerprint density at radius 2 is 1.60 bits per heavy atom. The lowest BCUT2D eigenvalue weighted by molar-refractivity contribution is -0.138. The van der Waals surface area contributed by atoms with Crippen molar-refractivity contribution in [3.05, 3.63) is 114 Å². The van der Waals surface area contributed by atoms with Crippen LogP contribution in [0.1, 0.15) is 30.5 Å². The number of amides is 1. The van der Waals surface area contributed by atoms with E-state index in [2.05, 4.69) is 0 Å². The molecule has 4 rings (SSSR count). The van der Waals surface area contributed by atoms with E-state index in [9.17, 15) is 9.90 Å². The zero-order valence-electron chi connectivity index (χ0n) is 25.0. The number of nitrogens with zero attached hydrogens (tertiary/aromatic N) is 1. The second kappa shape index (κ2) is 16.3. The van der Waals surface area contributed by atoms with Crippen LogP contribution >= 0.6 is 12.2 Å². The van der Waals surface area contributed by atoms with Crippen LogP contribution < -0.4 is 4.74 Å². The van der Waals surface area contributed by atoms with Crippen LogP contribution in [0.3, 0.4) is 0 Å². The number of ether oxygens (including phenoxy) is 4. The van der Waals surface area contributed by atoms with Gasteiger partial charge < -0.3 is 24.1 Å². The maximum atomic E-state index is 13.7. The molecule has 7 nitrogen and oxygen atoms in total. The van der Waals surface area contributed by atoms with Crippen LogP contribution in [-0.2, 0) is 38.6 Å². The fourth-order valence-electron chi connectivity index (χ4n) is 5.09. The minimum Gasteiger partial charge on any atom is -0.497 e. The van der Waals surface area contributed by atoms with Crippen LogP contribution in [0, 0.1) is 11.8 Å². The van der Waals surface area contributed by atoms with Crippen LogP contribution in [0.5, 0.6) is 5.75 Å². The van der Waals surface area contributed by atoms with E-state index in [0.717, 1.165) is 22.4 Å². The van der Waals surface area contributed by atoms with Gasteiger partial charge in [-0.2, -0.15) is 0 Å². The summed E-state index contributed by atoms with van der Waals surface area (Å²) in [6, 6.07) is 27.3. The largest absolute Gasteiger partial charge is 0.497 e. The van der Waals surface area contributed by atoms with E-state index in [1.54, 1.807) is 14.0 Å². The maximum Gasteiger partial charge on any atom is 0.266 e. The summed E-state index contributed by atoms with van der Waals surface area (Å²) in [5.74, 6) is -0.579. The third-order valence-corrected chi connectivity index (χ3v) is 8.04. The van der Waals surface area contributed by atoms with E-state index in [1.165, 1.54) is 4.90 Å². The van der Waals surface area contributed by atoms with Gasteiger partial charge >= 0.3 is 0 Å². The van der Waals surface area contributed by atoms with E-state index >= 15 is 0 Å². The molecule has 0 radical (unpaired) electrons. The zero-order chi connectivity index (χ0) is 30.6. The molecule has 43 heavy (non-hydrogen) atoms. The third-order valence-electron chi connectivity index (χ3n) is 7.72. The summed E-state index contributed by atoms with van der Waals surface area (Å²) in [7, 11) is 1.64. The quantitative estimate of drug-likeness (QED) is 0.135. The Morgan fingerprint density at radius 3 is 2.26 bits per heavy atom. The molecule has 228 valence electrons. The lowest BCUT2D eigenvalue weighted by Crippen LogP contribution is -2.48. The van der Waals surface area contributed by atoms with Gasteiger partial charge in [0.1, 0.15) is 12.4 Å². The van der Waals surface area contributed by atoms with Gasteiger partial charge in [0.25, 0.3) is 5.17 Å². The molecule has 8 heteroatoms. The van der Waals surface area contributed by atoms with Gasteiger partial charge in [0.2, 0.25) is 5.91 Å². The van der Waals surface area contributed by atoms with Crippen molar-refractivity contribution in [2.75, 3.05) is 20.3 Å². The van der Waals surface area contributed by atoms with Crippen LogP contribution in [0.25, 0.3) is 0 Å². The predicted molar refractivity (Wildman–Crippen MR) is 170 cm³/mol. The minimum atomic E-state index is -0.987. The van der Waals surface area contributed by atoms with E-state index in [4.69, 9.17) is 31.2 Å². The van der Waals surface area contributed by atoms with Crippen LogP contribution in [-0.4, -0.2) is 59.7 Å². The molecule has 3 aromatic carbocycles. The predicted octanol–water partition coefficient (Wildman–Crippen LogP) is 5.74. The number of carbonyl (C=O) groups excluding carboxylic acids is 1. The van der Waals surface area contributed by atoms with Gasteiger partial charge in [-0.25, -0.2) is 0 Å². The first-order valence-electron chi connectivity index (χ1n) is 14.6. The number of rotatable bonds is 15. The molecule has 3 aromatic rings. The first-order valence-corrected chi connectivity index (χ1v) is 15.0. The van der Waals surface area contributed by atoms with Crippen molar-refractivity contribution in [3.8, 4) is 5.75 Å². The summed E-state index contributed by atoms with van der Waals surface area (Å²) >= 11 is 5.40. The average Bonchev–Trinajstić information content (AvgIpc) is 3.41. The second-order valence-electron chi connectivity index (χ2n) is 10.8. The lowest BCUT2D eigenvalue weighted by Gasteiger charge is -2.32. The van der Waals surface area contributed by atoms with Crippen molar-refractivity contribution in [1.82, 2.24) is 4.90 Å². The lowest BCUT2D eigenvalue weighted by atomic mass is 9.87. The number of hydrogen-bond donors (Lipinski definition) is 1. The molecule has 0 unspecified atom stereocenters. The van der Waals surface area contributed by atoms with Crippen molar-refractivity contribution >= 4 is 23.3 Å². The van der Waals surface area contributed by atoms with Gasteiger partial charge in [-0.15, -0.1) is 0 Å². The number of aliphatic hydroxyl groups is 1. The Morgan fingerprint density at radius 1 is 0.977 bits per heavy atom. The zero-order valence-corrected chi connectivity index (χ0v) is 25.8. The van der Waals surface area contributed by atoms with Gasteiger partial charge in [0, 0.05) is 5.92 Å². The smallest absolute Gasteiger partial charge is 0.266 e. The van der Waals surface area contributed by atoms with Gasteiger partial charge in [0.15, 0.2) is 0 Å². The third kappa shape index (κ3) is 9.21. The highest BCUT2D eigenvalue weighted by atomic mass is 32.1. The summed E-state index contributed by atoms with van der Waals surface area (Å²) in [6.45, 7) is 5.16. The van der Waals surface area contributed by atoms with Crippen LogP contribution in [0.4, 0.5) is 0 Å². The van der Waals surface area contributed by atoms with Crippen molar-refractivity contribution in [3.63, 3.8) is 0 Å². The Balaban J connectivity index is 1.39. The number of benzene rings is 3. The summed E-state index contributed by atoms with van der Waals surface area (Å²) in [4.78, 5) is 15.2. The van der Waals surface area contributed by atoms with Crippen molar-refractivity contribution in [2.45, 2.75) is 51.7 Å². The molecule has 1 amide bonds. The first kappa shape index (κ1) is 32.4. The summed E-state index contributed by atoms with van der Waals surface area (Å²) < 4.78 is 22.9. The molecule has 1 aliphatic heterocycles. The molecule has 5 atom stereocenters. The molecule has 0 spiro atoms. The van der Waals surface area contributed by atoms with E-state index in [-0.39, 0.29) is 17.1 Å².